The van der Waals surface area contributed by atoms with E-state index in [0.29, 0.717) is 11.7 Å². The van der Waals surface area contributed by atoms with Gasteiger partial charge in [0.15, 0.2) is 0 Å². The molecule has 1 aromatic carbocycles. The van der Waals surface area contributed by atoms with Crippen molar-refractivity contribution in [3.8, 4) is 0 Å². The van der Waals surface area contributed by atoms with Crippen molar-refractivity contribution in [2.75, 3.05) is 5.75 Å². The second-order valence-electron chi connectivity index (χ2n) is 8.44. The molecule has 7 heteroatoms. The van der Waals surface area contributed by atoms with Crippen LogP contribution in [0.15, 0.2) is 24.3 Å². The maximum absolute atomic E-state index is 12.6. The lowest BCUT2D eigenvalue weighted by molar-refractivity contribution is -0.122. The van der Waals surface area contributed by atoms with E-state index >= 15 is 0 Å². The molecule has 6 nitrogen and oxygen atoms in total. The standard InChI is InChI=1S/C22H28N4O2S/c27-19(11-4-3-10-18-21-17(12-29-18)25-22(28)26-21)23-16-9-5-7-14-13-6-1-2-8-15(13)24-20(14)16/h1-2,6,8,16-18,21,24H,3-5,7,9-12H2,(H,23,27)(H2,25,26,28)/t16?,17-,18?,21-/m0/s1. The third-order valence-electron chi connectivity index (χ3n) is 6.53. The van der Waals surface area contributed by atoms with Gasteiger partial charge in [0, 0.05) is 34.0 Å². The number of hydrogen-bond acceptors (Lipinski definition) is 3. The molecule has 1 aliphatic carbocycles. The van der Waals surface area contributed by atoms with Crippen LogP contribution in [0.5, 0.6) is 0 Å². The number of urea groups is 1. The van der Waals surface area contributed by atoms with Gasteiger partial charge in [-0.15, -0.1) is 0 Å². The molecule has 0 radical (unpaired) electrons. The molecule has 2 fully saturated rings. The first-order chi connectivity index (χ1) is 14.2. The second kappa shape index (κ2) is 7.94. The number of aromatic amines is 1. The summed E-state index contributed by atoms with van der Waals surface area (Å²) in [6.45, 7) is 0. The van der Waals surface area contributed by atoms with E-state index in [0.717, 1.165) is 44.3 Å². The molecule has 0 bridgehead atoms. The van der Waals surface area contributed by atoms with E-state index < -0.39 is 0 Å². The van der Waals surface area contributed by atoms with Gasteiger partial charge in [-0.25, -0.2) is 4.79 Å². The maximum atomic E-state index is 12.6. The minimum absolute atomic E-state index is 0.0338. The summed E-state index contributed by atoms with van der Waals surface area (Å²) in [4.78, 5) is 27.6. The molecule has 4 N–H and O–H groups in total. The normalized spacial score (nSPS) is 27.9. The Kier molecular flexibility index (Phi) is 5.16. The van der Waals surface area contributed by atoms with E-state index in [1.54, 1.807) is 0 Å². The first kappa shape index (κ1) is 18.9. The predicted molar refractivity (Wildman–Crippen MR) is 116 cm³/mol. The summed E-state index contributed by atoms with van der Waals surface area (Å²) in [5.41, 5.74) is 3.74. The smallest absolute Gasteiger partial charge is 0.315 e. The van der Waals surface area contributed by atoms with Crippen molar-refractivity contribution in [3.05, 3.63) is 35.5 Å². The number of nitrogens with one attached hydrogen (secondary N) is 4. The molecule has 0 saturated carbocycles. The van der Waals surface area contributed by atoms with Crippen LogP contribution in [0.4, 0.5) is 4.79 Å². The average Bonchev–Trinajstić information content (AvgIpc) is 3.38. The highest BCUT2D eigenvalue weighted by molar-refractivity contribution is 8.00. The van der Waals surface area contributed by atoms with Gasteiger partial charge >= 0.3 is 6.03 Å². The third kappa shape index (κ3) is 3.72. The molecule has 4 atom stereocenters. The van der Waals surface area contributed by atoms with Crippen molar-refractivity contribution in [1.29, 1.82) is 0 Å². The van der Waals surface area contributed by atoms with Crippen LogP contribution in [0, 0.1) is 0 Å². The highest BCUT2D eigenvalue weighted by Gasteiger charge is 2.42. The zero-order chi connectivity index (χ0) is 19.8. The number of aryl methyl sites for hydroxylation is 1. The van der Waals surface area contributed by atoms with Gasteiger partial charge in [-0.1, -0.05) is 24.6 Å². The molecule has 29 heavy (non-hydrogen) atoms. The highest BCUT2D eigenvalue weighted by atomic mass is 32.2. The summed E-state index contributed by atoms with van der Waals surface area (Å²) in [6, 6.07) is 9.01. The third-order valence-corrected chi connectivity index (χ3v) is 8.04. The SMILES string of the molecule is O=C(CCCCC1SC[C@@H]2NC(=O)N[C@H]12)NC1CCCc2c1[nH]c1ccccc21. The molecule has 2 aromatic rings. The van der Waals surface area contributed by atoms with E-state index in [1.165, 1.54) is 22.2 Å². The van der Waals surface area contributed by atoms with E-state index in [1.807, 2.05) is 11.8 Å². The number of thioether (sulfide) groups is 1. The Hall–Kier alpha value is -2.15. The molecule has 1 aromatic heterocycles. The average molecular weight is 413 g/mol. The molecule has 5 rings (SSSR count). The fraction of sp³-hybridized carbons (Fsp3) is 0.545. The summed E-state index contributed by atoms with van der Waals surface area (Å²) < 4.78 is 0. The van der Waals surface area contributed by atoms with Gasteiger partial charge in [0.2, 0.25) is 5.91 Å². The van der Waals surface area contributed by atoms with Crippen LogP contribution in [-0.2, 0) is 11.2 Å². The number of amides is 3. The van der Waals surface area contributed by atoms with Gasteiger partial charge in [-0.2, -0.15) is 11.8 Å². The lowest BCUT2D eigenvalue weighted by Gasteiger charge is -2.24. The summed E-state index contributed by atoms with van der Waals surface area (Å²) in [7, 11) is 0. The van der Waals surface area contributed by atoms with Gasteiger partial charge in [0.25, 0.3) is 0 Å². The molecule has 2 saturated heterocycles. The zero-order valence-electron chi connectivity index (χ0n) is 16.5. The van der Waals surface area contributed by atoms with Crippen molar-refractivity contribution >= 4 is 34.6 Å². The summed E-state index contributed by atoms with van der Waals surface area (Å²) >= 11 is 1.94. The largest absolute Gasteiger partial charge is 0.356 e. The molecule has 2 unspecified atom stereocenters. The van der Waals surface area contributed by atoms with Crippen LogP contribution in [0.2, 0.25) is 0 Å². The fourth-order valence-electron chi connectivity index (χ4n) is 5.10. The van der Waals surface area contributed by atoms with Gasteiger partial charge in [-0.05, 0) is 43.7 Å². The van der Waals surface area contributed by atoms with Crippen molar-refractivity contribution in [1.82, 2.24) is 20.9 Å². The number of para-hydroxylation sites is 1. The first-order valence-electron chi connectivity index (χ1n) is 10.8. The number of aromatic nitrogens is 1. The Balaban J connectivity index is 1.11. The summed E-state index contributed by atoms with van der Waals surface area (Å²) in [5.74, 6) is 1.14. The Morgan fingerprint density at radius 2 is 2.10 bits per heavy atom. The minimum Gasteiger partial charge on any atom is -0.356 e. The Morgan fingerprint density at radius 1 is 1.21 bits per heavy atom. The number of carbonyl (C=O) groups is 2. The van der Waals surface area contributed by atoms with Crippen LogP contribution in [-0.4, -0.2) is 40.0 Å². The van der Waals surface area contributed by atoms with Gasteiger partial charge < -0.3 is 20.9 Å². The number of fused-ring (bicyclic) bond motifs is 4. The highest BCUT2D eigenvalue weighted by Crippen LogP contribution is 2.35. The molecule has 3 heterocycles. The molecule has 3 amide bonds. The van der Waals surface area contributed by atoms with Crippen LogP contribution in [0.1, 0.15) is 55.8 Å². The number of unbranched alkanes of at least 4 members (excludes halogenated alkanes) is 1. The Bertz CT molecular complexity index is 927. The van der Waals surface area contributed by atoms with Crippen LogP contribution in [0.3, 0.4) is 0 Å². The number of carbonyl (C=O) groups excluding carboxylic acids is 2. The second-order valence-corrected chi connectivity index (χ2v) is 9.71. The first-order valence-corrected chi connectivity index (χ1v) is 11.8. The predicted octanol–water partition coefficient (Wildman–Crippen LogP) is 3.39. The minimum atomic E-state index is -0.0338. The molecular formula is C22H28N4O2S. The molecule has 2 aliphatic heterocycles. The Labute approximate surface area is 175 Å². The van der Waals surface area contributed by atoms with Gasteiger partial charge in [0.05, 0.1) is 18.1 Å². The monoisotopic (exact) mass is 412 g/mol. The molecule has 0 spiro atoms. The zero-order valence-corrected chi connectivity index (χ0v) is 17.3. The van der Waals surface area contributed by atoms with Crippen molar-refractivity contribution in [3.63, 3.8) is 0 Å². The lowest BCUT2D eigenvalue weighted by Crippen LogP contribution is -2.36. The van der Waals surface area contributed by atoms with Gasteiger partial charge in [0.1, 0.15) is 0 Å². The molecule has 154 valence electrons. The lowest BCUT2D eigenvalue weighted by atomic mass is 9.91. The number of H-pyrrole nitrogens is 1. The Morgan fingerprint density at radius 3 is 3.03 bits per heavy atom. The summed E-state index contributed by atoms with van der Waals surface area (Å²) in [5, 5.41) is 11.0. The van der Waals surface area contributed by atoms with E-state index in [-0.39, 0.29) is 30.1 Å². The van der Waals surface area contributed by atoms with Gasteiger partial charge in [-0.3, -0.25) is 4.79 Å². The molecule has 3 aliphatic rings. The molecular weight excluding hydrogens is 384 g/mol. The maximum Gasteiger partial charge on any atom is 0.315 e. The van der Waals surface area contributed by atoms with Crippen LogP contribution in [0.25, 0.3) is 10.9 Å². The summed E-state index contributed by atoms with van der Waals surface area (Å²) in [6.07, 6.45) is 6.73. The van der Waals surface area contributed by atoms with E-state index in [9.17, 15) is 9.59 Å². The quantitative estimate of drug-likeness (QED) is 0.433. The topological polar surface area (TPSA) is 86.0 Å². The van der Waals surface area contributed by atoms with Crippen molar-refractivity contribution < 1.29 is 9.59 Å². The van der Waals surface area contributed by atoms with Crippen molar-refractivity contribution in [2.24, 2.45) is 0 Å². The number of rotatable bonds is 6. The number of benzene rings is 1. The van der Waals surface area contributed by atoms with Crippen LogP contribution >= 0.6 is 11.8 Å². The number of hydrogen-bond donors (Lipinski definition) is 4. The van der Waals surface area contributed by atoms with Crippen molar-refractivity contribution in [2.45, 2.75) is 68.3 Å². The van der Waals surface area contributed by atoms with E-state index in [4.69, 9.17) is 0 Å². The van der Waals surface area contributed by atoms with E-state index in [2.05, 4.69) is 45.2 Å². The van der Waals surface area contributed by atoms with Crippen LogP contribution < -0.4 is 16.0 Å². The fourth-order valence-corrected chi connectivity index (χ4v) is 6.64.